The summed E-state index contributed by atoms with van der Waals surface area (Å²) in [4.78, 5) is 23.1. The number of rotatable bonds is 8. The van der Waals surface area contributed by atoms with Crippen LogP contribution < -0.4 is 10.2 Å². The van der Waals surface area contributed by atoms with Gasteiger partial charge in [0.05, 0.1) is 12.4 Å². The van der Waals surface area contributed by atoms with Gasteiger partial charge in [0.25, 0.3) is 5.91 Å². The van der Waals surface area contributed by atoms with Gasteiger partial charge in [0.2, 0.25) is 0 Å². The number of benzene rings is 1. The molecule has 0 spiro atoms. The standard InChI is InChI=1S/C19H26N4O/c1-4-10-23(11-5-2)18-14-20-17(13-21-18)19(24)22-12-16-9-7-6-8-15(16)3/h6-9,13-14H,4-5,10-12H2,1-3H3,(H,22,24). The number of aromatic nitrogens is 2. The molecular formula is C19H26N4O. The van der Waals surface area contributed by atoms with Crippen LogP contribution in [0, 0.1) is 6.92 Å². The van der Waals surface area contributed by atoms with E-state index in [0.29, 0.717) is 12.2 Å². The number of anilines is 1. The summed E-state index contributed by atoms with van der Waals surface area (Å²) in [6.07, 6.45) is 5.36. The Hall–Kier alpha value is -2.43. The Bertz CT molecular complexity index is 649. The van der Waals surface area contributed by atoms with Crippen LogP contribution in [0.4, 0.5) is 5.82 Å². The molecular weight excluding hydrogens is 300 g/mol. The summed E-state index contributed by atoms with van der Waals surface area (Å²) in [7, 11) is 0. The summed E-state index contributed by atoms with van der Waals surface area (Å²) in [5.74, 6) is 0.629. The van der Waals surface area contributed by atoms with Crippen LogP contribution in [0.5, 0.6) is 0 Å². The van der Waals surface area contributed by atoms with Gasteiger partial charge in [-0.1, -0.05) is 38.1 Å². The molecule has 0 aliphatic rings. The van der Waals surface area contributed by atoms with Crippen molar-refractivity contribution in [3.05, 3.63) is 53.5 Å². The first-order chi connectivity index (χ1) is 11.7. The quantitative estimate of drug-likeness (QED) is 0.808. The van der Waals surface area contributed by atoms with Gasteiger partial charge in [-0.05, 0) is 30.9 Å². The highest BCUT2D eigenvalue weighted by Crippen LogP contribution is 2.11. The molecule has 0 bridgehead atoms. The first-order valence-corrected chi connectivity index (χ1v) is 8.55. The molecule has 0 aliphatic heterocycles. The Morgan fingerprint density at radius 1 is 1.08 bits per heavy atom. The van der Waals surface area contributed by atoms with Gasteiger partial charge in [-0.25, -0.2) is 9.97 Å². The molecule has 1 N–H and O–H groups in total. The first kappa shape index (κ1) is 17.9. The van der Waals surface area contributed by atoms with Crippen molar-refractivity contribution in [2.75, 3.05) is 18.0 Å². The molecule has 1 heterocycles. The SMILES string of the molecule is CCCN(CCC)c1cnc(C(=O)NCc2ccccc2C)cn1. The van der Waals surface area contributed by atoms with Crippen molar-refractivity contribution in [1.29, 1.82) is 0 Å². The molecule has 1 aromatic carbocycles. The van der Waals surface area contributed by atoms with E-state index < -0.39 is 0 Å². The number of nitrogens with one attached hydrogen (secondary N) is 1. The van der Waals surface area contributed by atoms with Crippen LogP contribution in [-0.2, 0) is 6.54 Å². The number of carbonyl (C=O) groups excluding carboxylic acids is 1. The number of hydrogen-bond donors (Lipinski definition) is 1. The van der Waals surface area contributed by atoms with Gasteiger partial charge < -0.3 is 10.2 Å². The van der Waals surface area contributed by atoms with Crippen molar-refractivity contribution in [2.24, 2.45) is 0 Å². The predicted octanol–water partition coefficient (Wildman–Crippen LogP) is 3.34. The monoisotopic (exact) mass is 326 g/mol. The fraction of sp³-hybridized carbons (Fsp3) is 0.421. The molecule has 0 fully saturated rings. The molecule has 0 saturated heterocycles. The van der Waals surface area contributed by atoms with Gasteiger partial charge in [0, 0.05) is 19.6 Å². The van der Waals surface area contributed by atoms with Gasteiger partial charge >= 0.3 is 0 Å². The molecule has 128 valence electrons. The largest absolute Gasteiger partial charge is 0.355 e. The van der Waals surface area contributed by atoms with Crippen LogP contribution in [0.25, 0.3) is 0 Å². The molecule has 1 aromatic heterocycles. The number of nitrogens with zero attached hydrogens (tertiary/aromatic N) is 3. The van der Waals surface area contributed by atoms with Gasteiger partial charge in [0.15, 0.2) is 0 Å². The highest BCUT2D eigenvalue weighted by Gasteiger charge is 2.11. The van der Waals surface area contributed by atoms with Crippen LogP contribution in [0.15, 0.2) is 36.7 Å². The molecule has 2 rings (SSSR count). The molecule has 2 aromatic rings. The van der Waals surface area contributed by atoms with E-state index in [4.69, 9.17) is 0 Å². The van der Waals surface area contributed by atoms with Crippen LogP contribution in [0.2, 0.25) is 0 Å². The van der Waals surface area contributed by atoms with E-state index >= 15 is 0 Å². The zero-order valence-electron chi connectivity index (χ0n) is 14.7. The maximum Gasteiger partial charge on any atom is 0.271 e. The predicted molar refractivity (Wildman–Crippen MR) is 97.2 cm³/mol. The third kappa shape index (κ3) is 4.78. The molecule has 0 atom stereocenters. The molecule has 5 nitrogen and oxygen atoms in total. The van der Waals surface area contributed by atoms with E-state index in [0.717, 1.165) is 42.9 Å². The lowest BCUT2D eigenvalue weighted by atomic mass is 10.1. The molecule has 24 heavy (non-hydrogen) atoms. The van der Waals surface area contributed by atoms with Crippen LogP contribution >= 0.6 is 0 Å². The third-order valence-corrected chi connectivity index (χ3v) is 3.88. The Labute approximate surface area is 144 Å². The summed E-state index contributed by atoms with van der Waals surface area (Å²) in [5, 5.41) is 2.90. The molecule has 0 unspecified atom stereocenters. The zero-order valence-corrected chi connectivity index (χ0v) is 14.7. The lowest BCUT2D eigenvalue weighted by Crippen LogP contribution is -2.27. The summed E-state index contributed by atoms with van der Waals surface area (Å²) in [5.41, 5.74) is 2.61. The van der Waals surface area contributed by atoms with Crippen LogP contribution in [-0.4, -0.2) is 29.0 Å². The lowest BCUT2D eigenvalue weighted by Gasteiger charge is -2.22. The summed E-state index contributed by atoms with van der Waals surface area (Å²) >= 11 is 0. The summed E-state index contributed by atoms with van der Waals surface area (Å²) in [6, 6.07) is 8.01. The van der Waals surface area contributed by atoms with Crippen molar-refractivity contribution in [3.63, 3.8) is 0 Å². The maximum atomic E-state index is 12.2. The van der Waals surface area contributed by atoms with Crippen molar-refractivity contribution in [2.45, 2.75) is 40.2 Å². The van der Waals surface area contributed by atoms with E-state index in [-0.39, 0.29) is 5.91 Å². The minimum absolute atomic E-state index is 0.199. The smallest absolute Gasteiger partial charge is 0.271 e. The lowest BCUT2D eigenvalue weighted by molar-refractivity contribution is 0.0945. The van der Waals surface area contributed by atoms with Crippen molar-refractivity contribution < 1.29 is 4.79 Å². The van der Waals surface area contributed by atoms with E-state index in [1.807, 2.05) is 31.2 Å². The Morgan fingerprint density at radius 3 is 2.38 bits per heavy atom. The second-order valence-corrected chi connectivity index (χ2v) is 5.86. The summed E-state index contributed by atoms with van der Waals surface area (Å²) < 4.78 is 0. The minimum atomic E-state index is -0.199. The third-order valence-electron chi connectivity index (χ3n) is 3.88. The van der Waals surface area contributed by atoms with Crippen molar-refractivity contribution in [3.8, 4) is 0 Å². The van der Waals surface area contributed by atoms with Crippen molar-refractivity contribution >= 4 is 11.7 Å². The number of aryl methyl sites for hydroxylation is 1. The molecule has 1 amide bonds. The molecule has 5 heteroatoms. The van der Waals surface area contributed by atoms with Gasteiger partial charge in [-0.3, -0.25) is 4.79 Å². The van der Waals surface area contributed by atoms with E-state index in [2.05, 4.69) is 34.0 Å². The van der Waals surface area contributed by atoms with E-state index in [1.54, 1.807) is 12.4 Å². The Kier molecular flexibility index (Phi) is 6.73. The summed E-state index contributed by atoms with van der Waals surface area (Å²) in [6.45, 7) is 8.70. The average molecular weight is 326 g/mol. The fourth-order valence-corrected chi connectivity index (χ4v) is 2.56. The molecule has 0 saturated carbocycles. The van der Waals surface area contributed by atoms with Crippen molar-refractivity contribution in [1.82, 2.24) is 15.3 Å². The number of carbonyl (C=O) groups is 1. The first-order valence-electron chi connectivity index (χ1n) is 8.55. The molecule has 0 aliphatic carbocycles. The van der Waals surface area contributed by atoms with Gasteiger partial charge in [-0.2, -0.15) is 0 Å². The molecule has 0 radical (unpaired) electrons. The van der Waals surface area contributed by atoms with E-state index in [9.17, 15) is 4.79 Å². The van der Waals surface area contributed by atoms with Gasteiger partial charge in [0.1, 0.15) is 11.5 Å². The fourth-order valence-electron chi connectivity index (χ4n) is 2.56. The Balaban J connectivity index is 1.99. The van der Waals surface area contributed by atoms with Crippen LogP contribution in [0.1, 0.15) is 48.3 Å². The van der Waals surface area contributed by atoms with Crippen LogP contribution in [0.3, 0.4) is 0 Å². The average Bonchev–Trinajstić information content (AvgIpc) is 2.61. The van der Waals surface area contributed by atoms with E-state index in [1.165, 1.54) is 0 Å². The number of amides is 1. The van der Waals surface area contributed by atoms with Gasteiger partial charge in [-0.15, -0.1) is 0 Å². The highest BCUT2D eigenvalue weighted by molar-refractivity contribution is 5.92. The maximum absolute atomic E-state index is 12.2. The second kappa shape index (κ2) is 9.01. The highest BCUT2D eigenvalue weighted by atomic mass is 16.1. The number of hydrogen-bond acceptors (Lipinski definition) is 4. The second-order valence-electron chi connectivity index (χ2n) is 5.86. The zero-order chi connectivity index (χ0) is 17.4. The topological polar surface area (TPSA) is 58.1 Å². The normalized spacial score (nSPS) is 10.5. The minimum Gasteiger partial charge on any atom is -0.355 e. The Morgan fingerprint density at radius 2 is 1.79 bits per heavy atom.